The Bertz CT molecular complexity index is 893. The van der Waals surface area contributed by atoms with Gasteiger partial charge in [0, 0.05) is 17.8 Å². The molecule has 3 rings (SSSR count). The standard InChI is InChI=1S/C21H20N2O2S/c1-15-12-16(2)14-18(13-15)22-21(24)20(17-8-4-3-5-9-17)26-19-10-6-7-11-23(19)25/h3-14,20H,1-2H3,(H,22,24). The molecule has 0 radical (unpaired) electrons. The molecule has 1 aromatic heterocycles. The summed E-state index contributed by atoms with van der Waals surface area (Å²) in [5.74, 6) is -0.157. The summed E-state index contributed by atoms with van der Waals surface area (Å²) in [4.78, 5) is 13.0. The number of aromatic nitrogens is 1. The van der Waals surface area contributed by atoms with E-state index in [1.165, 1.54) is 18.0 Å². The van der Waals surface area contributed by atoms with Gasteiger partial charge in [-0.05, 0) is 60.5 Å². The van der Waals surface area contributed by atoms with Gasteiger partial charge in [-0.2, -0.15) is 4.73 Å². The van der Waals surface area contributed by atoms with Gasteiger partial charge in [-0.15, -0.1) is 0 Å². The van der Waals surface area contributed by atoms with Crippen LogP contribution in [-0.2, 0) is 4.79 Å². The normalized spacial score (nSPS) is 11.8. The first kappa shape index (κ1) is 18.0. The molecule has 3 aromatic rings. The number of aryl methyl sites for hydroxylation is 2. The van der Waals surface area contributed by atoms with Crippen LogP contribution in [0.15, 0.2) is 78.0 Å². The quantitative estimate of drug-likeness (QED) is 0.414. The molecule has 2 aromatic carbocycles. The molecule has 0 saturated carbocycles. The molecule has 0 aliphatic rings. The van der Waals surface area contributed by atoms with E-state index in [1.807, 2.05) is 56.3 Å². The van der Waals surface area contributed by atoms with Gasteiger partial charge in [-0.3, -0.25) is 4.79 Å². The second-order valence-corrected chi connectivity index (χ2v) is 7.26. The summed E-state index contributed by atoms with van der Waals surface area (Å²) < 4.78 is 0.782. The van der Waals surface area contributed by atoms with Crippen LogP contribution < -0.4 is 10.0 Å². The van der Waals surface area contributed by atoms with E-state index >= 15 is 0 Å². The lowest BCUT2D eigenvalue weighted by atomic mass is 10.1. The maximum atomic E-state index is 13.0. The van der Waals surface area contributed by atoms with Crippen molar-refractivity contribution in [2.45, 2.75) is 24.1 Å². The van der Waals surface area contributed by atoms with Crippen LogP contribution in [-0.4, -0.2) is 5.91 Å². The number of benzene rings is 2. The van der Waals surface area contributed by atoms with Crippen molar-refractivity contribution in [2.24, 2.45) is 0 Å². The number of rotatable bonds is 5. The van der Waals surface area contributed by atoms with Gasteiger partial charge in [0.25, 0.3) is 5.03 Å². The Balaban J connectivity index is 1.90. The van der Waals surface area contributed by atoms with Crippen molar-refractivity contribution >= 4 is 23.4 Å². The van der Waals surface area contributed by atoms with Crippen molar-refractivity contribution in [3.8, 4) is 0 Å². The topological polar surface area (TPSA) is 56.0 Å². The fraction of sp³-hybridized carbons (Fsp3) is 0.143. The number of hydrogen-bond donors (Lipinski definition) is 1. The monoisotopic (exact) mass is 364 g/mol. The highest BCUT2D eigenvalue weighted by Gasteiger charge is 2.25. The lowest BCUT2D eigenvalue weighted by molar-refractivity contribution is -0.645. The molecule has 5 heteroatoms. The highest BCUT2D eigenvalue weighted by Crippen LogP contribution is 2.34. The molecular formula is C21H20N2O2S. The van der Waals surface area contributed by atoms with E-state index in [9.17, 15) is 10.0 Å². The smallest absolute Gasteiger partial charge is 0.252 e. The van der Waals surface area contributed by atoms with Crippen LogP contribution in [0.4, 0.5) is 5.69 Å². The van der Waals surface area contributed by atoms with Gasteiger partial charge >= 0.3 is 0 Å². The van der Waals surface area contributed by atoms with Gasteiger partial charge in [0.2, 0.25) is 5.91 Å². The van der Waals surface area contributed by atoms with Crippen LogP contribution in [0.25, 0.3) is 0 Å². The van der Waals surface area contributed by atoms with Crippen molar-refractivity contribution in [1.82, 2.24) is 0 Å². The molecule has 0 bridgehead atoms. The third-order valence-electron chi connectivity index (χ3n) is 3.86. The Hall–Kier alpha value is -2.79. The molecule has 132 valence electrons. The Morgan fingerprint density at radius 3 is 2.31 bits per heavy atom. The Kier molecular flexibility index (Phi) is 5.58. The first-order valence-corrected chi connectivity index (χ1v) is 9.20. The summed E-state index contributed by atoms with van der Waals surface area (Å²) in [6.45, 7) is 3.99. The van der Waals surface area contributed by atoms with Gasteiger partial charge < -0.3 is 10.5 Å². The summed E-state index contributed by atoms with van der Waals surface area (Å²) in [5.41, 5.74) is 3.79. The minimum Gasteiger partial charge on any atom is -0.618 e. The van der Waals surface area contributed by atoms with E-state index in [0.29, 0.717) is 5.03 Å². The summed E-state index contributed by atoms with van der Waals surface area (Å²) in [6, 6.07) is 20.6. The Labute approximate surface area is 157 Å². The van der Waals surface area contributed by atoms with Gasteiger partial charge in [0.05, 0.1) is 0 Å². The van der Waals surface area contributed by atoms with Gasteiger partial charge in [0.1, 0.15) is 5.25 Å². The predicted octanol–water partition coefficient (Wildman–Crippen LogP) is 4.41. The van der Waals surface area contributed by atoms with E-state index in [-0.39, 0.29) is 5.91 Å². The average Bonchev–Trinajstić information content (AvgIpc) is 2.60. The second kappa shape index (κ2) is 8.06. The third-order valence-corrected chi connectivity index (χ3v) is 5.14. The van der Waals surface area contributed by atoms with E-state index in [1.54, 1.807) is 18.2 Å². The zero-order chi connectivity index (χ0) is 18.5. The third kappa shape index (κ3) is 4.43. The first-order valence-electron chi connectivity index (χ1n) is 8.32. The zero-order valence-electron chi connectivity index (χ0n) is 14.7. The minimum absolute atomic E-state index is 0.157. The first-order chi connectivity index (χ1) is 12.5. The highest BCUT2D eigenvalue weighted by atomic mass is 32.2. The molecule has 0 fully saturated rings. The number of anilines is 1. The van der Waals surface area contributed by atoms with Crippen LogP contribution in [0, 0.1) is 19.1 Å². The molecule has 0 spiro atoms. The number of hydrogen-bond acceptors (Lipinski definition) is 3. The van der Waals surface area contributed by atoms with Crippen molar-refractivity contribution in [2.75, 3.05) is 5.32 Å². The summed E-state index contributed by atoms with van der Waals surface area (Å²) >= 11 is 1.24. The number of amides is 1. The highest BCUT2D eigenvalue weighted by molar-refractivity contribution is 8.00. The molecule has 0 saturated heterocycles. The molecular weight excluding hydrogens is 344 g/mol. The fourth-order valence-corrected chi connectivity index (χ4v) is 3.80. The molecule has 26 heavy (non-hydrogen) atoms. The maximum Gasteiger partial charge on any atom is 0.252 e. The zero-order valence-corrected chi connectivity index (χ0v) is 15.5. The molecule has 1 heterocycles. The summed E-state index contributed by atoms with van der Waals surface area (Å²) in [7, 11) is 0. The van der Waals surface area contributed by atoms with Gasteiger partial charge in [0.15, 0.2) is 6.20 Å². The number of carbonyl (C=O) groups is 1. The van der Waals surface area contributed by atoms with Gasteiger partial charge in [-0.1, -0.05) is 36.4 Å². The SMILES string of the molecule is Cc1cc(C)cc(NC(=O)C(Sc2cccc[n+]2[O-])c2ccccc2)c1. The fourth-order valence-electron chi connectivity index (χ4n) is 2.78. The van der Waals surface area contributed by atoms with Crippen LogP contribution >= 0.6 is 11.8 Å². The predicted molar refractivity (Wildman–Crippen MR) is 105 cm³/mol. The summed E-state index contributed by atoms with van der Waals surface area (Å²) in [5, 5.41) is 15.0. The Morgan fingerprint density at radius 2 is 1.65 bits per heavy atom. The largest absolute Gasteiger partial charge is 0.618 e. The number of thioether (sulfide) groups is 1. The van der Waals surface area contributed by atoms with Crippen LogP contribution in [0.2, 0.25) is 0 Å². The average molecular weight is 364 g/mol. The molecule has 0 aliphatic carbocycles. The van der Waals surface area contributed by atoms with E-state index in [4.69, 9.17) is 0 Å². The van der Waals surface area contributed by atoms with Crippen LogP contribution in [0.5, 0.6) is 0 Å². The molecule has 0 aliphatic heterocycles. The van der Waals surface area contributed by atoms with E-state index in [0.717, 1.165) is 27.1 Å². The maximum absolute atomic E-state index is 13.0. The number of pyridine rings is 1. The van der Waals surface area contributed by atoms with Crippen LogP contribution in [0.1, 0.15) is 21.9 Å². The van der Waals surface area contributed by atoms with Gasteiger partial charge in [-0.25, -0.2) is 0 Å². The molecule has 1 unspecified atom stereocenters. The van der Waals surface area contributed by atoms with Crippen molar-refractivity contribution in [3.63, 3.8) is 0 Å². The summed E-state index contributed by atoms with van der Waals surface area (Å²) in [6.07, 6.45) is 1.44. The molecule has 4 nitrogen and oxygen atoms in total. The van der Waals surface area contributed by atoms with Crippen molar-refractivity contribution < 1.29 is 9.52 Å². The lowest BCUT2D eigenvalue weighted by Crippen LogP contribution is -2.29. The minimum atomic E-state index is -0.528. The van der Waals surface area contributed by atoms with Crippen LogP contribution in [0.3, 0.4) is 0 Å². The second-order valence-electron chi connectivity index (χ2n) is 6.14. The number of nitrogens with zero attached hydrogens (tertiary/aromatic N) is 1. The van der Waals surface area contributed by atoms with Crippen molar-refractivity contribution in [3.05, 3.63) is 94.8 Å². The molecule has 1 atom stereocenters. The Morgan fingerprint density at radius 1 is 1.00 bits per heavy atom. The van der Waals surface area contributed by atoms with E-state index in [2.05, 4.69) is 11.4 Å². The lowest BCUT2D eigenvalue weighted by Gasteiger charge is -2.17. The number of carbonyl (C=O) groups excluding carboxylic acids is 1. The molecule has 1 N–H and O–H groups in total. The van der Waals surface area contributed by atoms with Crippen molar-refractivity contribution in [1.29, 1.82) is 0 Å². The molecule has 1 amide bonds. The van der Waals surface area contributed by atoms with E-state index < -0.39 is 5.25 Å². The number of nitrogens with one attached hydrogen (secondary N) is 1.